The molecular formula is C50H24F3N9. The molecule has 0 amide bonds. The van der Waals surface area contributed by atoms with Crippen LogP contribution in [0.1, 0.15) is 27.8 Å². The van der Waals surface area contributed by atoms with Gasteiger partial charge in [-0.3, -0.25) is 0 Å². The van der Waals surface area contributed by atoms with E-state index in [0.29, 0.717) is 66.4 Å². The molecule has 0 atom stereocenters. The number of halogens is 3. The van der Waals surface area contributed by atoms with E-state index in [1.54, 1.807) is 48.5 Å². The quantitative estimate of drug-likeness (QED) is 0.168. The monoisotopic (exact) mass is 807 g/mol. The van der Waals surface area contributed by atoms with Crippen LogP contribution in [0.5, 0.6) is 0 Å². The summed E-state index contributed by atoms with van der Waals surface area (Å²) in [5.74, 6) is 0.687. The van der Waals surface area contributed by atoms with Gasteiger partial charge < -0.3 is 9.13 Å². The molecule has 0 saturated carbocycles. The first-order chi connectivity index (χ1) is 30.2. The molecule has 9 nitrogen and oxygen atoms in total. The van der Waals surface area contributed by atoms with Gasteiger partial charge in [-0.15, -0.1) is 0 Å². The van der Waals surface area contributed by atoms with Crippen molar-refractivity contribution >= 4 is 43.6 Å². The van der Waals surface area contributed by atoms with Crippen LogP contribution in [0.2, 0.25) is 0 Å². The number of fused-ring (bicyclic) bond motifs is 6. The number of hydrogen-bond donors (Lipinski definition) is 0. The molecule has 10 rings (SSSR count). The number of hydrogen-bond acceptors (Lipinski definition) is 7. The Labute approximate surface area is 350 Å². The summed E-state index contributed by atoms with van der Waals surface area (Å²) in [5.41, 5.74) is 2.54. The molecule has 12 heteroatoms. The number of aromatic nitrogens is 5. The summed E-state index contributed by atoms with van der Waals surface area (Å²) in [4.78, 5) is 14.6. The number of nitriles is 4. The van der Waals surface area contributed by atoms with Gasteiger partial charge in [-0.2, -0.15) is 34.2 Å². The van der Waals surface area contributed by atoms with Gasteiger partial charge in [-0.25, -0.2) is 15.0 Å². The zero-order valence-corrected chi connectivity index (χ0v) is 32.0. The normalized spacial score (nSPS) is 11.4. The summed E-state index contributed by atoms with van der Waals surface area (Å²) >= 11 is 0. The molecule has 3 heterocycles. The number of rotatable bonds is 5. The van der Waals surface area contributed by atoms with Crippen LogP contribution < -0.4 is 0 Å². The second kappa shape index (κ2) is 14.3. The van der Waals surface area contributed by atoms with Gasteiger partial charge in [0.2, 0.25) is 0 Å². The Hall–Kier alpha value is -9.10. The van der Waals surface area contributed by atoms with Crippen LogP contribution in [0.15, 0.2) is 146 Å². The van der Waals surface area contributed by atoms with E-state index in [-0.39, 0.29) is 45.0 Å². The van der Waals surface area contributed by atoms with E-state index in [4.69, 9.17) is 15.0 Å². The fraction of sp³-hybridized carbons (Fsp3) is 0.0200. The Morgan fingerprint density at radius 1 is 0.387 bits per heavy atom. The van der Waals surface area contributed by atoms with Crippen molar-refractivity contribution in [1.82, 2.24) is 24.1 Å². The van der Waals surface area contributed by atoms with E-state index in [1.807, 2.05) is 60.7 Å². The maximum atomic E-state index is 16.4. The Kier molecular flexibility index (Phi) is 8.59. The highest BCUT2D eigenvalue weighted by Crippen LogP contribution is 2.46. The molecule has 7 aromatic carbocycles. The van der Waals surface area contributed by atoms with Gasteiger partial charge in [0.1, 0.15) is 5.56 Å². The summed E-state index contributed by atoms with van der Waals surface area (Å²) in [6.07, 6.45) is -5.00. The molecule has 10 aromatic rings. The van der Waals surface area contributed by atoms with Gasteiger partial charge >= 0.3 is 6.18 Å². The van der Waals surface area contributed by atoms with Crippen molar-refractivity contribution in [2.75, 3.05) is 0 Å². The summed E-state index contributed by atoms with van der Waals surface area (Å²) < 4.78 is 52.3. The van der Waals surface area contributed by atoms with Crippen molar-refractivity contribution in [3.05, 3.63) is 173 Å². The molecule has 0 aliphatic rings. The second-order valence-corrected chi connectivity index (χ2v) is 14.5. The highest BCUT2D eigenvalue weighted by Gasteiger charge is 2.40. The predicted octanol–water partition coefficient (Wildman–Crippen LogP) is 11.6. The molecule has 0 spiro atoms. The van der Waals surface area contributed by atoms with Gasteiger partial charge in [0, 0.05) is 38.2 Å². The Bertz CT molecular complexity index is 3300. The highest BCUT2D eigenvalue weighted by molar-refractivity contribution is 6.12. The van der Waals surface area contributed by atoms with Gasteiger partial charge in [0.15, 0.2) is 17.5 Å². The lowest BCUT2D eigenvalue weighted by atomic mass is 10.0. The average Bonchev–Trinajstić information content (AvgIpc) is 3.82. The lowest BCUT2D eigenvalue weighted by Crippen LogP contribution is -2.16. The summed E-state index contributed by atoms with van der Waals surface area (Å²) in [7, 11) is 0. The minimum atomic E-state index is -5.00. The first-order valence-corrected chi connectivity index (χ1v) is 19.1. The lowest BCUT2D eigenvalue weighted by Gasteiger charge is -2.23. The molecular weight excluding hydrogens is 784 g/mol. The predicted molar refractivity (Wildman–Crippen MR) is 229 cm³/mol. The molecule has 0 N–H and O–H groups in total. The zero-order chi connectivity index (χ0) is 42.7. The third-order valence-electron chi connectivity index (χ3n) is 10.9. The second-order valence-electron chi connectivity index (χ2n) is 14.5. The molecule has 3 aromatic heterocycles. The summed E-state index contributed by atoms with van der Waals surface area (Å²) in [5, 5.41) is 41.4. The van der Waals surface area contributed by atoms with E-state index < -0.39 is 11.7 Å². The third-order valence-corrected chi connectivity index (χ3v) is 10.9. The maximum Gasteiger partial charge on any atom is 0.420 e. The Morgan fingerprint density at radius 2 is 0.694 bits per heavy atom. The van der Waals surface area contributed by atoms with Crippen molar-refractivity contribution in [3.8, 4) is 69.8 Å². The summed E-state index contributed by atoms with van der Waals surface area (Å²) in [6, 6.07) is 48.7. The van der Waals surface area contributed by atoms with Gasteiger partial charge in [0.05, 0.1) is 80.0 Å². The first kappa shape index (κ1) is 37.2. The van der Waals surface area contributed by atoms with Gasteiger partial charge in [-0.1, -0.05) is 60.7 Å². The van der Waals surface area contributed by atoms with Crippen LogP contribution in [0.4, 0.5) is 13.2 Å². The molecule has 0 aliphatic heterocycles. The lowest BCUT2D eigenvalue weighted by molar-refractivity contribution is -0.137. The van der Waals surface area contributed by atoms with E-state index in [2.05, 4.69) is 24.3 Å². The average molecular weight is 808 g/mol. The van der Waals surface area contributed by atoms with Crippen molar-refractivity contribution in [2.45, 2.75) is 6.18 Å². The zero-order valence-electron chi connectivity index (χ0n) is 32.0. The van der Waals surface area contributed by atoms with Crippen LogP contribution >= 0.6 is 0 Å². The van der Waals surface area contributed by atoms with Crippen LogP contribution in [0.25, 0.3) is 89.2 Å². The fourth-order valence-electron chi connectivity index (χ4n) is 8.17. The van der Waals surface area contributed by atoms with Crippen LogP contribution in [0, 0.1) is 45.3 Å². The van der Waals surface area contributed by atoms with E-state index in [0.717, 1.165) is 0 Å². The summed E-state index contributed by atoms with van der Waals surface area (Å²) in [6.45, 7) is 0. The molecule has 0 fully saturated rings. The van der Waals surface area contributed by atoms with E-state index in [1.165, 1.54) is 45.5 Å². The largest absolute Gasteiger partial charge is 0.420 e. The molecule has 290 valence electrons. The topological polar surface area (TPSA) is 144 Å². The first-order valence-electron chi connectivity index (χ1n) is 19.1. The molecule has 0 saturated heterocycles. The number of alkyl halides is 3. The molecule has 0 bridgehead atoms. The molecule has 0 aliphatic carbocycles. The minimum Gasteiger partial charge on any atom is -0.309 e. The minimum absolute atomic E-state index is 0.0903. The highest BCUT2D eigenvalue weighted by atomic mass is 19.4. The van der Waals surface area contributed by atoms with Crippen molar-refractivity contribution < 1.29 is 13.2 Å². The van der Waals surface area contributed by atoms with Crippen LogP contribution in [-0.4, -0.2) is 24.1 Å². The van der Waals surface area contributed by atoms with Crippen molar-refractivity contribution in [1.29, 1.82) is 21.0 Å². The van der Waals surface area contributed by atoms with E-state index in [9.17, 15) is 21.0 Å². The van der Waals surface area contributed by atoms with Gasteiger partial charge in [-0.05, 0) is 84.9 Å². The molecule has 62 heavy (non-hydrogen) atoms. The van der Waals surface area contributed by atoms with E-state index >= 15 is 13.2 Å². The Balaban J connectivity index is 1.40. The van der Waals surface area contributed by atoms with Crippen molar-refractivity contribution in [2.24, 2.45) is 0 Å². The van der Waals surface area contributed by atoms with Crippen LogP contribution in [-0.2, 0) is 6.18 Å². The molecule has 0 radical (unpaired) electrons. The fourth-order valence-corrected chi connectivity index (χ4v) is 8.17. The smallest absolute Gasteiger partial charge is 0.309 e. The molecule has 0 unspecified atom stereocenters. The maximum absolute atomic E-state index is 16.4. The SMILES string of the molecule is N#Cc1ccc2c(c1)c1cc(C#N)ccc1n2-c1cc(-c2nc(-c3ccccc3)nc(-c3ccccc3)n2)cc(-n2c3ccc(C#N)cc3c3cc(C#N)ccc32)c1C(F)(F)F. The van der Waals surface area contributed by atoms with Crippen molar-refractivity contribution in [3.63, 3.8) is 0 Å². The number of benzene rings is 7. The Morgan fingerprint density at radius 3 is 0.984 bits per heavy atom. The van der Waals surface area contributed by atoms with Crippen LogP contribution in [0.3, 0.4) is 0 Å². The van der Waals surface area contributed by atoms with Gasteiger partial charge in [0.25, 0.3) is 0 Å². The standard InChI is InChI=1S/C50H24F3N9/c51-50(52,53)46-44(61-40-15-11-29(25-54)19-36(40)37-20-30(26-55)12-16-41(37)61)23-35(49-59-47(33-7-3-1-4-8-33)58-48(60-49)34-9-5-2-6-10-34)24-45(46)62-42-17-13-31(27-56)21-38(42)39-22-32(28-57)14-18-43(39)62/h1-24H. The number of nitrogens with zero attached hydrogens (tertiary/aromatic N) is 9. The third kappa shape index (κ3) is 6.04.